The smallest absolute Gasteiger partial charge is 0.258 e. The van der Waals surface area contributed by atoms with Crippen LogP contribution < -0.4 is 19.8 Å². The molecule has 1 spiro atoms. The first-order chi connectivity index (χ1) is 18.2. The van der Waals surface area contributed by atoms with Crippen LogP contribution in [-0.2, 0) is 11.0 Å². The number of aliphatic hydroxyl groups is 1. The van der Waals surface area contributed by atoms with Crippen LogP contribution in [0.4, 0.5) is 27.5 Å². The molecule has 1 aliphatic carbocycles. The SMILES string of the molecule is Cc1cc(NC(=O)c2ccc(NS(=O)CCO)cc2N2CCC3(CC2)CC3)nc(N2CCC(C)(F)CC2)n1. The molecule has 1 unspecified atom stereocenters. The standard InChI is InChI=1S/C27H37FN6O3S/c1-19-17-23(31-25(29-19)34-11-7-26(2,28)8-12-34)30-24(36)21-4-3-20(32-38(37)16-15-35)18-22(21)33-13-9-27(5-6-27)10-14-33/h3-4,17-18,32,35H,5-16H2,1-2H3,(H,29,30,31,36). The Labute approximate surface area is 225 Å². The van der Waals surface area contributed by atoms with Crippen LogP contribution in [-0.4, -0.2) is 69.4 Å². The molecule has 3 fully saturated rings. The molecule has 5 rings (SSSR count). The predicted octanol–water partition coefficient (Wildman–Crippen LogP) is 3.81. The summed E-state index contributed by atoms with van der Waals surface area (Å²) in [5, 5.41) is 12.1. The van der Waals surface area contributed by atoms with E-state index in [2.05, 4.69) is 24.9 Å². The van der Waals surface area contributed by atoms with Crippen molar-refractivity contribution in [1.82, 2.24) is 9.97 Å². The first-order valence-electron chi connectivity index (χ1n) is 13.4. The maximum atomic E-state index is 14.3. The highest BCUT2D eigenvalue weighted by Crippen LogP contribution is 2.54. The van der Waals surface area contributed by atoms with E-state index in [4.69, 9.17) is 5.11 Å². The molecule has 1 aromatic heterocycles. The van der Waals surface area contributed by atoms with Gasteiger partial charge < -0.3 is 24.9 Å². The number of aliphatic hydroxyl groups excluding tert-OH is 1. The Morgan fingerprint density at radius 2 is 1.74 bits per heavy atom. The van der Waals surface area contributed by atoms with Crippen molar-refractivity contribution in [3.63, 3.8) is 0 Å². The van der Waals surface area contributed by atoms with E-state index in [-0.39, 0.29) is 18.3 Å². The van der Waals surface area contributed by atoms with E-state index in [1.54, 1.807) is 25.1 Å². The van der Waals surface area contributed by atoms with E-state index in [1.807, 2.05) is 17.9 Å². The van der Waals surface area contributed by atoms with Gasteiger partial charge in [-0.05, 0) is 76.0 Å². The minimum atomic E-state index is -1.41. The third-order valence-corrected chi connectivity index (χ3v) is 9.06. The second-order valence-electron chi connectivity index (χ2n) is 11.1. The lowest BCUT2D eigenvalue weighted by molar-refractivity contribution is 0.102. The zero-order valence-electron chi connectivity index (χ0n) is 22.1. The minimum Gasteiger partial charge on any atom is -0.395 e. The molecular weight excluding hydrogens is 507 g/mol. The van der Waals surface area contributed by atoms with E-state index in [0.29, 0.717) is 54.4 Å². The number of alkyl halides is 1. The van der Waals surface area contributed by atoms with Crippen molar-refractivity contribution in [3.05, 3.63) is 35.5 Å². The van der Waals surface area contributed by atoms with Crippen molar-refractivity contribution < 1.29 is 18.5 Å². The maximum Gasteiger partial charge on any atom is 0.258 e. The molecule has 1 saturated carbocycles. The van der Waals surface area contributed by atoms with Crippen molar-refractivity contribution in [2.45, 2.75) is 58.0 Å². The van der Waals surface area contributed by atoms with Gasteiger partial charge in [0.1, 0.15) is 22.5 Å². The quantitative estimate of drug-likeness (QED) is 0.464. The highest BCUT2D eigenvalue weighted by molar-refractivity contribution is 7.86. The summed E-state index contributed by atoms with van der Waals surface area (Å²) in [5.74, 6) is 0.737. The van der Waals surface area contributed by atoms with E-state index in [1.165, 1.54) is 12.8 Å². The molecule has 1 amide bonds. The predicted molar refractivity (Wildman–Crippen MR) is 149 cm³/mol. The van der Waals surface area contributed by atoms with Crippen molar-refractivity contribution in [2.24, 2.45) is 5.41 Å². The summed E-state index contributed by atoms with van der Waals surface area (Å²) in [6.45, 7) is 6.08. The van der Waals surface area contributed by atoms with Crippen LogP contribution in [0.5, 0.6) is 0 Å². The number of aromatic nitrogens is 2. The zero-order chi connectivity index (χ0) is 26.9. The molecule has 1 aromatic carbocycles. The molecular formula is C27H37FN6O3S. The van der Waals surface area contributed by atoms with Gasteiger partial charge in [0.05, 0.1) is 23.6 Å². The molecule has 2 saturated heterocycles. The highest BCUT2D eigenvalue weighted by atomic mass is 32.2. The first kappa shape index (κ1) is 26.8. The summed E-state index contributed by atoms with van der Waals surface area (Å²) >= 11 is 0. The van der Waals surface area contributed by atoms with Crippen LogP contribution in [0.25, 0.3) is 0 Å². The number of amides is 1. The van der Waals surface area contributed by atoms with Crippen molar-refractivity contribution in [3.8, 4) is 0 Å². The van der Waals surface area contributed by atoms with Crippen LogP contribution in [0, 0.1) is 12.3 Å². The Hall–Kier alpha value is -2.79. The molecule has 1 atom stereocenters. The summed E-state index contributed by atoms with van der Waals surface area (Å²) in [6.07, 6.45) is 5.60. The summed E-state index contributed by atoms with van der Waals surface area (Å²) < 4.78 is 29.4. The molecule has 206 valence electrons. The molecule has 38 heavy (non-hydrogen) atoms. The van der Waals surface area contributed by atoms with E-state index in [9.17, 15) is 13.4 Å². The average molecular weight is 545 g/mol. The van der Waals surface area contributed by atoms with Gasteiger partial charge in [0.25, 0.3) is 5.91 Å². The molecule has 2 aliphatic heterocycles. The van der Waals surface area contributed by atoms with Gasteiger partial charge in [0.15, 0.2) is 0 Å². The molecule has 3 heterocycles. The fourth-order valence-corrected chi connectivity index (χ4v) is 5.99. The Morgan fingerprint density at radius 1 is 1.05 bits per heavy atom. The monoisotopic (exact) mass is 544 g/mol. The topological polar surface area (TPSA) is 111 Å². The number of hydrogen-bond acceptors (Lipinski definition) is 7. The van der Waals surface area contributed by atoms with Gasteiger partial charge in [-0.15, -0.1) is 0 Å². The largest absolute Gasteiger partial charge is 0.395 e. The normalized spacial score (nSPS) is 20.7. The molecule has 0 bridgehead atoms. The number of carbonyl (C=O) groups excluding carboxylic acids is 1. The number of anilines is 4. The lowest BCUT2D eigenvalue weighted by atomic mass is 9.93. The number of halogens is 1. The Bertz CT molecular complexity index is 1200. The van der Waals surface area contributed by atoms with E-state index in [0.717, 1.165) is 37.3 Å². The third kappa shape index (κ3) is 6.26. The fraction of sp³-hybridized carbons (Fsp3) is 0.593. The number of rotatable bonds is 8. The van der Waals surface area contributed by atoms with Gasteiger partial charge >= 0.3 is 0 Å². The average Bonchev–Trinajstić information content (AvgIpc) is 3.62. The van der Waals surface area contributed by atoms with Gasteiger partial charge in [-0.1, -0.05) is 0 Å². The molecule has 2 aromatic rings. The number of nitrogens with one attached hydrogen (secondary N) is 2. The second-order valence-corrected chi connectivity index (χ2v) is 12.4. The van der Waals surface area contributed by atoms with Gasteiger partial charge in [-0.3, -0.25) is 4.79 Å². The van der Waals surface area contributed by atoms with Gasteiger partial charge in [0.2, 0.25) is 5.95 Å². The number of nitrogens with zero attached hydrogens (tertiary/aromatic N) is 4. The van der Waals surface area contributed by atoms with Crippen LogP contribution in [0.1, 0.15) is 61.5 Å². The van der Waals surface area contributed by atoms with Crippen molar-refractivity contribution in [1.29, 1.82) is 0 Å². The first-order valence-corrected chi connectivity index (χ1v) is 14.7. The van der Waals surface area contributed by atoms with Crippen LogP contribution in [0.2, 0.25) is 0 Å². The lowest BCUT2D eigenvalue weighted by Gasteiger charge is -2.35. The van der Waals surface area contributed by atoms with E-state index < -0.39 is 16.7 Å². The Morgan fingerprint density at radius 3 is 2.39 bits per heavy atom. The molecule has 0 radical (unpaired) electrons. The maximum absolute atomic E-state index is 14.3. The molecule has 9 nitrogen and oxygen atoms in total. The Balaban J connectivity index is 1.37. The number of aryl methyl sites for hydroxylation is 1. The molecule has 3 N–H and O–H groups in total. The van der Waals surface area contributed by atoms with Gasteiger partial charge in [-0.25, -0.2) is 13.6 Å². The second kappa shape index (κ2) is 10.8. The summed E-state index contributed by atoms with van der Waals surface area (Å²) in [6, 6.07) is 7.08. The number of hydrogen-bond donors (Lipinski definition) is 3. The van der Waals surface area contributed by atoms with Gasteiger partial charge in [-0.2, -0.15) is 4.98 Å². The van der Waals surface area contributed by atoms with E-state index >= 15 is 0 Å². The number of carbonyl (C=O) groups is 1. The lowest BCUT2D eigenvalue weighted by Crippen LogP contribution is -2.41. The molecule has 11 heteroatoms. The molecule has 3 aliphatic rings. The van der Waals surface area contributed by atoms with Gasteiger partial charge in [0, 0.05) is 43.6 Å². The van der Waals surface area contributed by atoms with Crippen LogP contribution >= 0.6 is 0 Å². The summed E-state index contributed by atoms with van der Waals surface area (Å²) in [5.41, 5.74) is 1.97. The highest BCUT2D eigenvalue weighted by Gasteiger charge is 2.44. The zero-order valence-corrected chi connectivity index (χ0v) is 22.9. The van der Waals surface area contributed by atoms with Crippen LogP contribution in [0.3, 0.4) is 0 Å². The summed E-state index contributed by atoms with van der Waals surface area (Å²) in [7, 11) is -1.41. The minimum absolute atomic E-state index is 0.126. The number of benzene rings is 1. The summed E-state index contributed by atoms with van der Waals surface area (Å²) in [4.78, 5) is 26.9. The van der Waals surface area contributed by atoms with Crippen LogP contribution in [0.15, 0.2) is 24.3 Å². The van der Waals surface area contributed by atoms with Crippen molar-refractivity contribution in [2.75, 3.05) is 58.4 Å². The third-order valence-electron chi connectivity index (χ3n) is 8.05. The van der Waals surface area contributed by atoms with Crippen molar-refractivity contribution >= 4 is 40.0 Å². The fourth-order valence-electron chi connectivity index (χ4n) is 5.33. The Kier molecular flexibility index (Phi) is 7.59. The number of piperidine rings is 2.